The van der Waals surface area contributed by atoms with Crippen LogP contribution in [0.5, 0.6) is 0 Å². The third-order valence-corrected chi connectivity index (χ3v) is 7.25. The van der Waals surface area contributed by atoms with Crippen LogP contribution >= 0.6 is 0 Å². The lowest BCUT2D eigenvalue weighted by atomic mass is 9.66. The Labute approximate surface area is 196 Å². The van der Waals surface area contributed by atoms with Crippen LogP contribution in [0.25, 0.3) is 0 Å². The largest absolute Gasteiger partial charge is 0.291 e. The molecule has 2 aliphatic carbocycles. The molecule has 0 aliphatic heterocycles. The van der Waals surface area contributed by atoms with E-state index in [1.165, 1.54) is 29.3 Å². The number of imide groups is 1. The highest BCUT2D eigenvalue weighted by Crippen LogP contribution is 2.55. The van der Waals surface area contributed by atoms with Crippen LogP contribution in [0.2, 0.25) is 0 Å². The number of pyridine rings is 1. The Bertz CT molecular complexity index is 1150. The SMILES string of the molecule is CN=CC(=O)N(C=O)Cc1ccc(C2(c3cc4c(cc3C)C(C)(C)C=CC4(C)C)CC2)nc1. The van der Waals surface area contributed by atoms with E-state index < -0.39 is 5.91 Å². The fraction of sp³-hybridized carbons (Fsp3) is 0.429. The average molecular weight is 444 g/mol. The maximum Gasteiger partial charge on any atom is 0.271 e. The molecule has 2 amide bonds. The molecule has 0 atom stereocenters. The predicted octanol–water partition coefficient (Wildman–Crippen LogP) is 4.78. The van der Waals surface area contributed by atoms with Gasteiger partial charge in [0.15, 0.2) is 0 Å². The third kappa shape index (κ3) is 4.05. The van der Waals surface area contributed by atoms with E-state index in [1.807, 2.05) is 6.07 Å². The van der Waals surface area contributed by atoms with Gasteiger partial charge in [-0.1, -0.05) is 58.0 Å². The molecule has 5 heteroatoms. The lowest BCUT2D eigenvalue weighted by Crippen LogP contribution is -2.30. The van der Waals surface area contributed by atoms with Crippen LogP contribution in [-0.4, -0.2) is 35.5 Å². The maximum absolute atomic E-state index is 12.0. The fourth-order valence-corrected chi connectivity index (χ4v) is 5.02. The van der Waals surface area contributed by atoms with Crippen LogP contribution in [0, 0.1) is 6.92 Å². The normalized spacial score (nSPS) is 19.2. The number of carbonyl (C=O) groups excluding carboxylic acids is 2. The van der Waals surface area contributed by atoms with Crippen molar-refractivity contribution in [3.63, 3.8) is 0 Å². The van der Waals surface area contributed by atoms with E-state index >= 15 is 0 Å². The van der Waals surface area contributed by atoms with Crippen LogP contribution < -0.4 is 0 Å². The van der Waals surface area contributed by atoms with Gasteiger partial charge in [0.05, 0.1) is 18.5 Å². The molecule has 0 N–H and O–H groups in total. The summed E-state index contributed by atoms with van der Waals surface area (Å²) >= 11 is 0. The minimum Gasteiger partial charge on any atom is -0.291 e. The van der Waals surface area contributed by atoms with Gasteiger partial charge >= 0.3 is 0 Å². The van der Waals surface area contributed by atoms with Crippen LogP contribution in [0.4, 0.5) is 0 Å². The van der Waals surface area contributed by atoms with E-state index in [9.17, 15) is 9.59 Å². The van der Waals surface area contributed by atoms with Gasteiger partial charge in [-0.05, 0) is 53.6 Å². The number of hydrogen-bond acceptors (Lipinski definition) is 4. The van der Waals surface area contributed by atoms with E-state index in [1.54, 1.807) is 6.20 Å². The van der Waals surface area contributed by atoms with Crippen molar-refractivity contribution < 1.29 is 9.59 Å². The Morgan fingerprint density at radius 3 is 2.21 bits per heavy atom. The van der Waals surface area contributed by atoms with Crippen molar-refractivity contribution >= 4 is 18.5 Å². The molecular weight excluding hydrogens is 410 g/mol. The minimum absolute atomic E-state index is 0.00666. The van der Waals surface area contributed by atoms with E-state index in [0.717, 1.165) is 35.2 Å². The fourth-order valence-electron chi connectivity index (χ4n) is 5.02. The first-order valence-corrected chi connectivity index (χ1v) is 11.5. The quantitative estimate of drug-likeness (QED) is 0.367. The van der Waals surface area contributed by atoms with Crippen LogP contribution in [0.3, 0.4) is 0 Å². The molecular formula is C28H33N3O2. The number of fused-ring (bicyclic) bond motifs is 1. The Balaban J connectivity index is 1.67. The molecule has 33 heavy (non-hydrogen) atoms. The zero-order valence-corrected chi connectivity index (χ0v) is 20.5. The number of nitrogens with zero attached hydrogens (tertiary/aromatic N) is 3. The minimum atomic E-state index is -0.431. The van der Waals surface area contributed by atoms with Gasteiger partial charge in [0.1, 0.15) is 0 Å². The monoisotopic (exact) mass is 443 g/mol. The molecule has 172 valence electrons. The summed E-state index contributed by atoms with van der Waals surface area (Å²) in [6.45, 7) is 11.5. The molecule has 4 rings (SSSR count). The van der Waals surface area contributed by atoms with Crippen molar-refractivity contribution in [1.29, 1.82) is 0 Å². The first kappa shape index (κ1) is 23.1. The number of aromatic nitrogens is 1. The summed E-state index contributed by atoms with van der Waals surface area (Å²) in [4.78, 5) is 32.9. The Morgan fingerprint density at radius 2 is 1.70 bits per heavy atom. The zero-order chi connectivity index (χ0) is 24.0. The first-order valence-electron chi connectivity index (χ1n) is 11.5. The van der Waals surface area contributed by atoms with Crippen molar-refractivity contribution in [2.45, 2.75) is 70.3 Å². The lowest BCUT2D eigenvalue weighted by Gasteiger charge is -2.38. The summed E-state index contributed by atoms with van der Waals surface area (Å²) in [6, 6.07) is 8.83. The summed E-state index contributed by atoms with van der Waals surface area (Å²) in [7, 11) is 1.51. The van der Waals surface area contributed by atoms with Gasteiger partial charge in [-0.3, -0.25) is 24.5 Å². The second kappa shape index (κ2) is 8.05. The number of benzene rings is 1. The highest BCUT2D eigenvalue weighted by Gasteiger charge is 2.49. The Morgan fingerprint density at radius 1 is 1.06 bits per heavy atom. The van der Waals surface area contributed by atoms with Gasteiger partial charge in [0.25, 0.3) is 5.91 Å². The molecule has 1 fully saturated rings. The van der Waals surface area contributed by atoms with Crippen LogP contribution in [0.15, 0.2) is 47.6 Å². The predicted molar refractivity (Wildman–Crippen MR) is 132 cm³/mol. The second-order valence-electron chi connectivity index (χ2n) is 10.6. The molecule has 1 heterocycles. The number of rotatable bonds is 6. The highest BCUT2D eigenvalue weighted by atomic mass is 16.2. The van der Waals surface area contributed by atoms with Crippen molar-refractivity contribution in [1.82, 2.24) is 9.88 Å². The summed E-state index contributed by atoms with van der Waals surface area (Å²) in [6.07, 6.45) is 10.3. The number of carbonyl (C=O) groups is 2. The number of hydrogen-bond donors (Lipinski definition) is 0. The molecule has 0 spiro atoms. The summed E-state index contributed by atoms with van der Waals surface area (Å²) in [5, 5.41) is 0. The standard InChI is InChI=1S/C28H33N3O2/c1-19-13-22-23(27(4,5)10-9-26(22,2)3)14-21(19)28(11-12-28)24-8-7-20(15-30-24)17-31(18-32)25(33)16-29-6/h7-10,13-16,18H,11-12,17H2,1-6H3. The maximum atomic E-state index is 12.0. The number of aliphatic imine (C=N–C) groups is 1. The average Bonchev–Trinajstić information content (AvgIpc) is 3.57. The van der Waals surface area contributed by atoms with Crippen LogP contribution in [-0.2, 0) is 32.4 Å². The zero-order valence-electron chi connectivity index (χ0n) is 20.5. The number of amides is 2. The van der Waals surface area contributed by atoms with E-state index in [4.69, 9.17) is 4.98 Å². The molecule has 0 unspecified atom stereocenters. The summed E-state index contributed by atoms with van der Waals surface area (Å²) < 4.78 is 0. The van der Waals surface area contributed by atoms with Gasteiger partial charge in [0.2, 0.25) is 6.41 Å². The van der Waals surface area contributed by atoms with E-state index in [2.05, 4.69) is 70.0 Å². The van der Waals surface area contributed by atoms with Crippen molar-refractivity contribution in [2.24, 2.45) is 4.99 Å². The van der Waals surface area contributed by atoms with E-state index in [-0.39, 0.29) is 22.8 Å². The van der Waals surface area contributed by atoms with Gasteiger partial charge in [-0.15, -0.1) is 0 Å². The molecule has 0 bridgehead atoms. The molecule has 2 aromatic rings. The van der Waals surface area contributed by atoms with E-state index in [0.29, 0.717) is 6.41 Å². The van der Waals surface area contributed by atoms with Crippen molar-refractivity contribution in [3.8, 4) is 0 Å². The van der Waals surface area contributed by atoms with Gasteiger partial charge in [-0.25, -0.2) is 0 Å². The van der Waals surface area contributed by atoms with Gasteiger partial charge in [-0.2, -0.15) is 0 Å². The molecule has 0 saturated heterocycles. The van der Waals surface area contributed by atoms with Crippen molar-refractivity contribution in [2.75, 3.05) is 7.05 Å². The Hall–Kier alpha value is -3.08. The Kier molecular flexibility index (Phi) is 5.63. The summed E-state index contributed by atoms with van der Waals surface area (Å²) in [5.41, 5.74) is 7.31. The van der Waals surface area contributed by atoms with Gasteiger partial charge < -0.3 is 0 Å². The highest BCUT2D eigenvalue weighted by molar-refractivity contribution is 6.28. The topological polar surface area (TPSA) is 62.6 Å². The molecule has 1 aromatic carbocycles. The van der Waals surface area contributed by atoms with Crippen LogP contribution in [0.1, 0.15) is 74.0 Å². The number of allylic oxidation sites excluding steroid dienone is 2. The first-order chi connectivity index (χ1) is 15.5. The second-order valence-corrected chi connectivity index (χ2v) is 10.6. The molecule has 2 aliphatic rings. The van der Waals surface area contributed by atoms with Crippen molar-refractivity contribution in [3.05, 3.63) is 76.1 Å². The van der Waals surface area contributed by atoms with Gasteiger partial charge in [0, 0.05) is 29.5 Å². The molecule has 1 aromatic heterocycles. The number of aryl methyl sites for hydroxylation is 1. The molecule has 5 nitrogen and oxygen atoms in total. The molecule has 0 radical (unpaired) electrons. The molecule has 1 saturated carbocycles. The summed E-state index contributed by atoms with van der Waals surface area (Å²) in [5.74, 6) is -0.431. The third-order valence-electron chi connectivity index (χ3n) is 7.25. The lowest BCUT2D eigenvalue weighted by molar-refractivity contribution is -0.133. The smallest absolute Gasteiger partial charge is 0.271 e.